The van der Waals surface area contributed by atoms with Crippen molar-refractivity contribution < 1.29 is 29.7 Å². The Hall–Kier alpha value is -1.94. The average Bonchev–Trinajstić information content (AvgIpc) is 2.76. The number of benzene rings is 1. The number of hydrogen-bond acceptors (Lipinski definition) is 8. The van der Waals surface area contributed by atoms with Gasteiger partial charge < -0.3 is 30.1 Å². The summed E-state index contributed by atoms with van der Waals surface area (Å²) in [5, 5.41) is 42.3. The van der Waals surface area contributed by atoms with E-state index in [2.05, 4.69) is 5.32 Å². The van der Waals surface area contributed by atoms with Gasteiger partial charge in [0.05, 0.1) is 24.2 Å². The van der Waals surface area contributed by atoms with Crippen molar-refractivity contribution in [1.29, 1.82) is 0 Å². The third-order valence-electron chi connectivity index (χ3n) is 3.32. The molecular weight excluding hydrogens is 296 g/mol. The molecule has 122 valence electrons. The van der Waals surface area contributed by atoms with Crippen LogP contribution in [0.3, 0.4) is 0 Å². The number of nitrogens with one attached hydrogen (secondary N) is 1. The van der Waals surface area contributed by atoms with Gasteiger partial charge >= 0.3 is 0 Å². The largest absolute Gasteiger partial charge is 0.494 e. The highest BCUT2D eigenvalue weighted by molar-refractivity contribution is 5.64. The van der Waals surface area contributed by atoms with Crippen LogP contribution in [-0.4, -0.2) is 58.0 Å². The van der Waals surface area contributed by atoms with E-state index in [1.54, 1.807) is 13.0 Å². The van der Waals surface area contributed by atoms with Gasteiger partial charge in [-0.2, -0.15) is 0 Å². The van der Waals surface area contributed by atoms with E-state index >= 15 is 0 Å². The van der Waals surface area contributed by atoms with Crippen molar-refractivity contribution in [3.8, 4) is 5.75 Å². The van der Waals surface area contributed by atoms with Gasteiger partial charge in [0.25, 0.3) is 5.69 Å². The van der Waals surface area contributed by atoms with E-state index in [9.17, 15) is 20.3 Å². The van der Waals surface area contributed by atoms with Gasteiger partial charge in [-0.05, 0) is 19.1 Å². The van der Waals surface area contributed by atoms with E-state index in [4.69, 9.17) is 14.6 Å². The van der Waals surface area contributed by atoms with Gasteiger partial charge in [-0.1, -0.05) is 0 Å². The maximum atomic E-state index is 11.1. The number of anilines is 1. The van der Waals surface area contributed by atoms with Crippen molar-refractivity contribution in [2.24, 2.45) is 0 Å². The molecule has 1 aromatic rings. The molecule has 9 nitrogen and oxygen atoms in total. The van der Waals surface area contributed by atoms with E-state index in [1.807, 2.05) is 0 Å². The summed E-state index contributed by atoms with van der Waals surface area (Å²) in [7, 11) is 0. The normalized spacial score (nSPS) is 27.6. The summed E-state index contributed by atoms with van der Waals surface area (Å²) in [6.45, 7) is 1.66. The summed E-state index contributed by atoms with van der Waals surface area (Å²) in [6, 6.07) is 4.23. The quantitative estimate of drug-likeness (QED) is 0.420. The molecule has 0 amide bonds. The molecule has 0 unspecified atom stereocenters. The molecule has 4 N–H and O–H groups in total. The van der Waals surface area contributed by atoms with Crippen molar-refractivity contribution >= 4 is 11.4 Å². The maximum Gasteiger partial charge on any atom is 0.296 e. The van der Waals surface area contributed by atoms with Crippen LogP contribution < -0.4 is 10.1 Å². The van der Waals surface area contributed by atoms with Crippen molar-refractivity contribution in [2.75, 3.05) is 18.5 Å². The topological polar surface area (TPSA) is 134 Å². The second-order valence-electron chi connectivity index (χ2n) is 4.77. The van der Waals surface area contributed by atoms with Crippen molar-refractivity contribution in [1.82, 2.24) is 0 Å². The molecule has 0 aliphatic carbocycles. The van der Waals surface area contributed by atoms with Crippen molar-refractivity contribution in [3.63, 3.8) is 0 Å². The number of nitro benzene ring substituents is 1. The van der Waals surface area contributed by atoms with Crippen LogP contribution in [0, 0.1) is 10.1 Å². The van der Waals surface area contributed by atoms with Crippen LogP contribution in [0.15, 0.2) is 18.2 Å². The van der Waals surface area contributed by atoms with E-state index in [1.165, 1.54) is 12.1 Å². The highest BCUT2D eigenvalue weighted by Gasteiger charge is 2.42. The Morgan fingerprint density at radius 1 is 1.41 bits per heavy atom. The van der Waals surface area contributed by atoms with Gasteiger partial charge in [0.1, 0.15) is 29.7 Å². The Balaban J connectivity index is 2.20. The fourth-order valence-electron chi connectivity index (χ4n) is 2.21. The minimum atomic E-state index is -1.32. The SMILES string of the molecule is CCOc1ccc(N[C@@H]2O[C@H](CO)[C@@H](O)[C@H]2O)c([N+](=O)[O-])c1. The number of aliphatic hydroxyl groups excluding tert-OH is 3. The molecule has 0 saturated carbocycles. The summed E-state index contributed by atoms with van der Waals surface area (Å²) < 4.78 is 10.4. The molecule has 1 heterocycles. The van der Waals surface area contributed by atoms with Crippen LogP contribution in [0.25, 0.3) is 0 Å². The Bertz CT molecular complexity index is 539. The van der Waals surface area contributed by atoms with Gasteiger partial charge in [0.15, 0.2) is 6.23 Å². The van der Waals surface area contributed by atoms with Crippen LogP contribution in [0.4, 0.5) is 11.4 Å². The molecule has 1 aromatic carbocycles. The van der Waals surface area contributed by atoms with Crippen molar-refractivity contribution in [2.45, 2.75) is 31.5 Å². The molecule has 1 fully saturated rings. The summed E-state index contributed by atoms with van der Waals surface area (Å²) in [5.74, 6) is 0.348. The highest BCUT2D eigenvalue weighted by Crippen LogP contribution is 2.32. The van der Waals surface area contributed by atoms with Crippen molar-refractivity contribution in [3.05, 3.63) is 28.3 Å². The predicted molar refractivity (Wildman–Crippen MR) is 75.6 cm³/mol. The van der Waals surface area contributed by atoms with Gasteiger partial charge in [-0.3, -0.25) is 10.1 Å². The molecule has 0 radical (unpaired) electrons. The molecule has 0 bridgehead atoms. The number of ether oxygens (including phenoxy) is 2. The molecule has 4 atom stereocenters. The molecular formula is C13H18N2O7. The molecule has 1 aliphatic rings. The van der Waals surface area contributed by atoms with Gasteiger partial charge in [-0.15, -0.1) is 0 Å². The lowest BCUT2D eigenvalue weighted by atomic mass is 10.1. The molecule has 0 spiro atoms. The monoisotopic (exact) mass is 314 g/mol. The zero-order valence-electron chi connectivity index (χ0n) is 11.9. The predicted octanol–water partition coefficient (Wildman–Crippen LogP) is -0.156. The first-order valence-electron chi connectivity index (χ1n) is 6.78. The Morgan fingerprint density at radius 3 is 2.68 bits per heavy atom. The second-order valence-corrected chi connectivity index (χ2v) is 4.77. The van der Waals surface area contributed by atoms with E-state index in [-0.39, 0.29) is 11.4 Å². The number of nitrogens with zero attached hydrogens (tertiary/aromatic N) is 1. The zero-order chi connectivity index (χ0) is 16.3. The molecule has 2 rings (SSSR count). The van der Waals surface area contributed by atoms with E-state index in [0.717, 1.165) is 0 Å². The molecule has 22 heavy (non-hydrogen) atoms. The molecule has 0 aromatic heterocycles. The second kappa shape index (κ2) is 6.88. The van der Waals surface area contributed by atoms with Gasteiger partial charge in [0, 0.05) is 0 Å². The fraction of sp³-hybridized carbons (Fsp3) is 0.538. The summed E-state index contributed by atoms with van der Waals surface area (Å²) in [5.41, 5.74) is -0.132. The summed E-state index contributed by atoms with van der Waals surface area (Å²) in [6.07, 6.45) is -4.61. The number of rotatable bonds is 6. The van der Waals surface area contributed by atoms with Crippen LogP contribution >= 0.6 is 0 Å². The third kappa shape index (κ3) is 3.28. The first-order valence-corrected chi connectivity index (χ1v) is 6.78. The van der Waals surface area contributed by atoms with Crippen LogP contribution in [0.2, 0.25) is 0 Å². The van der Waals surface area contributed by atoms with Crippen LogP contribution in [0.1, 0.15) is 6.92 Å². The maximum absolute atomic E-state index is 11.1. The van der Waals surface area contributed by atoms with E-state index < -0.39 is 36.1 Å². The Morgan fingerprint density at radius 2 is 2.14 bits per heavy atom. The molecule has 1 saturated heterocycles. The summed E-state index contributed by atoms with van der Waals surface area (Å²) >= 11 is 0. The lowest BCUT2D eigenvalue weighted by Crippen LogP contribution is -2.36. The van der Waals surface area contributed by atoms with Gasteiger partial charge in [-0.25, -0.2) is 0 Å². The smallest absolute Gasteiger partial charge is 0.296 e. The summed E-state index contributed by atoms with van der Waals surface area (Å²) in [4.78, 5) is 10.5. The first kappa shape index (κ1) is 16.4. The minimum Gasteiger partial charge on any atom is -0.494 e. The average molecular weight is 314 g/mol. The number of aliphatic hydroxyl groups is 3. The van der Waals surface area contributed by atoms with Gasteiger partial charge in [0.2, 0.25) is 0 Å². The van der Waals surface area contributed by atoms with E-state index in [0.29, 0.717) is 12.4 Å². The first-order chi connectivity index (χ1) is 10.5. The number of nitro groups is 1. The zero-order valence-corrected chi connectivity index (χ0v) is 11.9. The number of hydrogen-bond donors (Lipinski definition) is 4. The Labute approximate surface area is 126 Å². The highest BCUT2D eigenvalue weighted by atomic mass is 16.6. The standard InChI is InChI=1S/C13H18N2O7/c1-2-21-7-3-4-8(9(5-7)15(19)20)14-13-12(18)11(17)10(6-16)22-13/h3-5,10-14,16-18H,2,6H2,1H3/t10-,11-,12-,13-/m1/s1. The lowest BCUT2D eigenvalue weighted by molar-refractivity contribution is -0.384. The molecule has 9 heteroatoms. The molecule has 1 aliphatic heterocycles. The third-order valence-corrected chi connectivity index (χ3v) is 3.32. The van der Waals surface area contributed by atoms with Crippen LogP contribution in [0.5, 0.6) is 5.75 Å². The fourth-order valence-corrected chi connectivity index (χ4v) is 2.21. The lowest BCUT2D eigenvalue weighted by Gasteiger charge is -2.18. The minimum absolute atomic E-state index is 0.114. The van der Waals surface area contributed by atoms with Crippen LogP contribution in [-0.2, 0) is 4.74 Å². The Kier molecular flexibility index (Phi) is 5.14.